The molecule has 1 rings (SSSR count). The van der Waals surface area contributed by atoms with Gasteiger partial charge < -0.3 is 39.9 Å². The highest BCUT2D eigenvalue weighted by molar-refractivity contribution is 7.47. The van der Waals surface area contributed by atoms with Crippen LogP contribution in [0.15, 0.2) is 12.2 Å². The van der Waals surface area contributed by atoms with Crippen LogP contribution in [-0.4, -0.2) is 98.3 Å². The van der Waals surface area contributed by atoms with Gasteiger partial charge in [-0.3, -0.25) is 18.6 Å². The Kier molecular flexibility index (Phi) is 38.5. The Morgan fingerprint density at radius 3 is 1.23 bits per heavy atom. The third-order valence-corrected chi connectivity index (χ3v) is 13.3. The Bertz CT molecular complexity index is 1170. The molecular weight excluding hydrogens is 840 g/mol. The SMILES string of the molecule is CCCC/C=C\CCCCCCCC(=O)OC(COC(=O)CCCCCCCCCCCCCCCCCCCCCCCCCC)COP(=O)(O)OC1C(O)C(O)C(O)C(O)C1O. The van der Waals surface area contributed by atoms with E-state index in [4.69, 9.17) is 18.5 Å². The van der Waals surface area contributed by atoms with Gasteiger partial charge in [0.15, 0.2) is 6.10 Å². The maximum Gasteiger partial charge on any atom is 0.472 e. The van der Waals surface area contributed by atoms with Gasteiger partial charge in [0.05, 0.1) is 6.61 Å². The van der Waals surface area contributed by atoms with Crippen LogP contribution >= 0.6 is 7.82 Å². The van der Waals surface area contributed by atoms with E-state index in [0.717, 1.165) is 57.8 Å². The minimum absolute atomic E-state index is 0.0900. The Labute approximate surface area is 388 Å². The van der Waals surface area contributed by atoms with Crippen LogP contribution in [0.4, 0.5) is 0 Å². The van der Waals surface area contributed by atoms with E-state index < -0.39 is 75.7 Å². The number of ether oxygens (including phenoxy) is 2. The molecule has 64 heavy (non-hydrogen) atoms. The van der Waals surface area contributed by atoms with Gasteiger partial charge in [0.1, 0.15) is 43.2 Å². The van der Waals surface area contributed by atoms with Crippen molar-refractivity contribution in [2.75, 3.05) is 13.2 Å². The van der Waals surface area contributed by atoms with Crippen molar-refractivity contribution < 1.29 is 63.1 Å². The van der Waals surface area contributed by atoms with Crippen molar-refractivity contribution in [1.29, 1.82) is 0 Å². The molecule has 0 amide bonds. The molecule has 14 heteroatoms. The molecule has 0 aliphatic heterocycles. The molecule has 0 radical (unpaired) electrons. The van der Waals surface area contributed by atoms with Crippen LogP contribution in [0.3, 0.4) is 0 Å². The number of carbonyl (C=O) groups is 2. The van der Waals surface area contributed by atoms with E-state index in [1.165, 1.54) is 141 Å². The lowest BCUT2D eigenvalue weighted by atomic mass is 9.85. The maximum atomic E-state index is 12.8. The number of unbranched alkanes of at least 4 members (excludes halogenated alkanes) is 30. The summed E-state index contributed by atoms with van der Waals surface area (Å²) in [4.78, 5) is 35.7. The van der Waals surface area contributed by atoms with Gasteiger partial charge in [0, 0.05) is 12.8 Å². The van der Waals surface area contributed by atoms with E-state index in [2.05, 4.69) is 26.0 Å². The lowest BCUT2D eigenvalue weighted by Gasteiger charge is -2.41. The van der Waals surface area contributed by atoms with E-state index in [1.807, 2.05) is 0 Å². The second-order valence-corrected chi connectivity index (χ2v) is 19.8. The summed E-state index contributed by atoms with van der Waals surface area (Å²) < 4.78 is 33.6. The molecular formula is C50H95O13P. The number of allylic oxidation sites excluding steroid dienone is 2. The first-order chi connectivity index (χ1) is 30.9. The number of carbonyl (C=O) groups excluding carboxylic acids is 2. The van der Waals surface area contributed by atoms with E-state index >= 15 is 0 Å². The third-order valence-electron chi connectivity index (χ3n) is 12.4. The fourth-order valence-corrected chi connectivity index (χ4v) is 9.13. The monoisotopic (exact) mass is 935 g/mol. The first-order valence-corrected chi connectivity index (χ1v) is 27.5. The quantitative estimate of drug-likeness (QED) is 0.0146. The summed E-state index contributed by atoms with van der Waals surface area (Å²) in [5.41, 5.74) is 0. The molecule has 1 aliphatic rings. The molecule has 0 aromatic heterocycles. The minimum atomic E-state index is -5.12. The zero-order valence-electron chi connectivity index (χ0n) is 40.3. The average molecular weight is 935 g/mol. The predicted octanol–water partition coefficient (Wildman–Crippen LogP) is 11.0. The number of rotatable bonds is 44. The highest BCUT2D eigenvalue weighted by Gasteiger charge is 2.51. The van der Waals surface area contributed by atoms with Crippen molar-refractivity contribution in [3.8, 4) is 0 Å². The topological polar surface area (TPSA) is 210 Å². The molecule has 6 atom stereocenters. The highest BCUT2D eigenvalue weighted by atomic mass is 31.2. The first-order valence-electron chi connectivity index (χ1n) is 26.0. The molecule has 6 N–H and O–H groups in total. The van der Waals surface area contributed by atoms with Gasteiger partial charge in [-0.15, -0.1) is 0 Å². The van der Waals surface area contributed by atoms with Crippen LogP contribution < -0.4 is 0 Å². The number of esters is 2. The molecule has 0 saturated heterocycles. The molecule has 0 bridgehead atoms. The predicted molar refractivity (Wildman–Crippen MR) is 254 cm³/mol. The number of phosphoric acid groups is 1. The van der Waals surface area contributed by atoms with Crippen LogP contribution in [0.25, 0.3) is 0 Å². The van der Waals surface area contributed by atoms with Crippen LogP contribution in [0, 0.1) is 0 Å². The summed E-state index contributed by atoms with van der Waals surface area (Å²) in [6, 6.07) is 0. The van der Waals surface area contributed by atoms with Crippen molar-refractivity contribution in [2.24, 2.45) is 0 Å². The largest absolute Gasteiger partial charge is 0.472 e. The van der Waals surface area contributed by atoms with Crippen molar-refractivity contribution in [3.63, 3.8) is 0 Å². The fourth-order valence-electron chi connectivity index (χ4n) is 8.15. The number of hydrogen-bond acceptors (Lipinski definition) is 12. The van der Waals surface area contributed by atoms with E-state index in [1.54, 1.807) is 0 Å². The summed E-state index contributed by atoms with van der Waals surface area (Å²) in [7, 11) is -5.12. The van der Waals surface area contributed by atoms with Crippen LogP contribution in [0.1, 0.15) is 239 Å². The van der Waals surface area contributed by atoms with Gasteiger partial charge in [0.25, 0.3) is 0 Å². The number of phosphoric ester groups is 1. The second-order valence-electron chi connectivity index (χ2n) is 18.4. The van der Waals surface area contributed by atoms with Crippen LogP contribution in [-0.2, 0) is 32.7 Å². The Morgan fingerprint density at radius 1 is 0.469 bits per heavy atom. The van der Waals surface area contributed by atoms with Gasteiger partial charge in [-0.2, -0.15) is 0 Å². The molecule has 1 aliphatic carbocycles. The maximum absolute atomic E-state index is 12.8. The molecule has 13 nitrogen and oxygen atoms in total. The number of aliphatic hydroxyl groups excluding tert-OH is 5. The van der Waals surface area contributed by atoms with E-state index in [9.17, 15) is 44.6 Å². The smallest absolute Gasteiger partial charge is 0.462 e. The van der Waals surface area contributed by atoms with Crippen LogP contribution in [0.5, 0.6) is 0 Å². The summed E-state index contributed by atoms with van der Waals surface area (Å²) in [5.74, 6) is -1.10. The molecule has 1 saturated carbocycles. The van der Waals surface area contributed by atoms with E-state index in [-0.39, 0.29) is 12.8 Å². The molecule has 0 aromatic rings. The molecule has 0 aromatic carbocycles. The zero-order valence-corrected chi connectivity index (χ0v) is 41.2. The molecule has 378 valence electrons. The summed E-state index contributed by atoms with van der Waals surface area (Å²) in [6.45, 7) is 3.28. The third kappa shape index (κ3) is 32.3. The van der Waals surface area contributed by atoms with Crippen molar-refractivity contribution >= 4 is 19.8 Å². The van der Waals surface area contributed by atoms with Crippen molar-refractivity contribution in [3.05, 3.63) is 12.2 Å². The zero-order chi connectivity index (χ0) is 47.1. The molecule has 1 fully saturated rings. The Morgan fingerprint density at radius 2 is 0.812 bits per heavy atom. The van der Waals surface area contributed by atoms with Gasteiger partial charge in [0.2, 0.25) is 0 Å². The van der Waals surface area contributed by atoms with Crippen molar-refractivity contribution in [2.45, 2.75) is 281 Å². The standard InChI is InChI=1S/C50H95O13P/c1-3-5-7-9-11-13-15-16-17-18-19-20-21-22-23-24-25-26-27-29-30-32-34-36-38-43(51)60-40-42(62-44(52)39-37-35-33-31-28-14-12-10-8-6-4-2)41-61-64(58,59)63-50-48(56)46(54)45(53)47(55)49(50)57/h10,12,42,45-50,53-57H,3-9,11,13-41H2,1-2H3,(H,58,59)/b12-10-. The summed E-state index contributed by atoms with van der Waals surface area (Å²) in [5, 5.41) is 50.2. The van der Waals surface area contributed by atoms with Crippen molar-refractivity contribution in [1.82, 2.24) is 0 Å². The van der Waals surface area contributed by atoms with Gasteiger partial charge >= 0.3 is 19.8 Å². The van der Waals surface area contributed by atoms with Gasteiger partial charge in [-0.25, -0.2) is 4.57 Å². The lowest BCUT2D eigenvalue weighted by molar-refractivity contribution is -0.220. The van der Waals surface area contributed by atoms with E-state index in [0.29, 0.717) is 12.8 Å². The van der Waals surface area contributed by atoms with Gasteiger partial charge in [-0.05, 0) is 32.1 Å². The average Bonchev–Trinajstić information content (AvgIpc) is 3.28. The fraction of sp³-hybridized carbons (Fsp3) is 0.920. The molecule has 0 spiro atoms. The summed E-state index contributed by atoms with van der Waals surface area (Å²) in [6.07, 6.45) is 31.4. The van der Waals surface area contributed by atoms with Crippen LogP contribution in [0.2, 0.25) is 0 Å². The Hall–Kier alpha value is -1.41. The van der Waals surface area contributed by atoms with Gasteiger partial charge in [-0.1, -0.05) is 206 Å². The first kappa shape index (κ1) is 60.6. The summed E-state index contributed by atoms with van der Waals surface area (Å²) >= 11 is 0. The molecule has 6 unspecified atom stereocenters. The normalized spacial score (nSPS) is 21.6. The lowest BCUT2D eigenvalue weighted by Crippen LogP contribution is -2.64. The highest BCUT2D eigenvalue weighted by Crippen LogP contribution is 2.47. The second kappa shape index (κ2) is 40.6. The number of hydrogen-bond donors (Lipinski definition) is 6. The Balaban J connectivity index is 2.29. The molecule has 0 heterocycles. The minimum Gasteiger partial charge on any atom is -0.462 e. The number of aliphatic hydroxyl groups is 5.